The van der Waals surface area contributed by atoms with E-state index in [2.05, 4.69) is 59.2 Å². The highest BCUT2D eigenvalue weighted by Gasteiger charge is 2.47. The summed E-state index contributed by atoms with van der Waals surface area (Å²) in [5.74, 6) is 0.282. The Balaban J connectivity index is 1.32. The summed E-state index contributed by atoms with van der Waals surface area (Å²) in [7, 11) is 0. The Morgan fingerprint density at radius 1 is 0.514 bits per heavy atom. The molecular weight excluding hydrogens is 496 g/mol. The third kappa shape index (κ3) is 4.82. The van der Waals surface area contributed by atoms with Gasteiger partial charge in [-0.15, -0.1) is 0 Å². The van der Waals surface area contributed by atoms with Gasteiger partial charge in [0.1, 0.15) is 12.2 Å². The first-order valence-corrected chi connectivity index (χ1v) is 13.2. The molecule has 0 radical (unpaired) electrons. The highest BCUT2D eigenvalue weighted by molar-refractivity contribution is 7.80. The third-order valence-electron chi connectivity index (χ3n) is 7.15. The molecule has 4 nitrogen and oxygen atoms in total. The highest BCUT2D eigenvalue weighted by atomic mass is 32.1. The second-order valence-electron chi connectivity index (χ2n) is 9.34. The fourth-order valence-corrected chi connectivity index (χ4v) is 6.05. The van der Waals surface area contributed by atoms with Crippen molar-refractivity contribution in [1.29, 1.82) is 0 Å². The van der Waals surface area contributed by atoms with E-state index in [1.54, 1.807) is 0 Å². The van der Waals surface area contributed by atoms with Gasteiger partial charge < -0.3 is 20.1 Å². The Labute approximate surface area is 227 Å². The van der Waals surface area contributed by atoms with E-state index in [1.807, 2.05) is 60.7 Å². The van der Waals surface area contributed by atoms with E-state index in [0.29, 0.717) is 10.3 Å². The summed E-state index contributed by atoms with van der Waals surface area (Å²) in [5, 5.41) is 7.21. The fraction of sp³-hybridized carbons (Fsp3) is 0.161. The molecule has 0 amide bonds. The van der Waals surface area contributed by atoms with E-state index in [1.165, 1.54) is 11.1 Å². The standard InChI is InChI=1S/C31H26N2O2S2/c36-30(32-20-11-3-1-4-12-20)34-28-24-17-9-7-15-22(24)27-19-26(28)23-16-8-10-18-25(23)29(27)35-31(37)33-21-13-5-2-6-14-21/h1-18,26-29H,19H2,(H,32,36)(H,33,37)/t26-,27-,28-,29-/m1/s1. The molecule has 37 heavy (non-hydrogen) atoms. The molecule has 2 aliphatic carbocycles. The van der Waals surface area contributed by atoms with E-state index >= 15 is 0 Å². The maximum Gasteiger partial charge on any atom is 0.261 e. The molecule has 4 atom stereocenters. The van der Waals surface area contributed by atoms with Gasteiger partial charge in [0, 0.05) is 23.2 Å². The lowest BCUT2D eigenvalue weighted by Crippen LogP contribution is -2.36. The maximum atomic E-state index is 6.50. The summed E-state index contributed by atoms with van der Waals surface area (Å²) in [6.45, 7) is 0. The fourth-order valence-electron chi connectivity index (χ4n) is 5.61. The van der Waals surface area contributed by atoms with Gasteiger partial charge in [-0.25, -0.2) is 0 Å². The van der Waals surface area contributed by atoms with Crippen LogP contribution in [-0.4, -0.2) is 10.3 Å². The lowest BCUT2D eigenvalue weighted by Gasteiger charge is -2.46. The van der Waals surface area contributed by atoms with Crippen LogP contribution in [0.5, 0.6) is 0 Å². The number of fused-ring (bicyclic) bond motifs is 6. The number of para-hydroxylation sites is 2. The number of nitrogens with one attached hydrogen (secondary N) is 2. The molecule has 0 aromatic heterocycles. The number of rotatable bonds is 4. The molecule has 0 unspecified atom stereocenters. The first-order valence-electron chi connectivity index (χ1n) is 12.4. The normalized spacial score (nSPS) is 21.1. The molecular formula is C31H26N2O2S2. The van der Waals surface area contributed by atoms with Crippen molar-refractivity contribution >= 4 is 46.2 Å². The average Bonchev–Trinajstić information content (AvgIpc) is 2.93. The van der Waals surface area contributed by atoms with Crippen LogP contribution in [-0.2, 0) is 9.47 Å². The van der Waals surface area contributed by atoms with Crippen molar-refractivity contribution in [1.82, 2.24) is 0 Å². The molecule has 0 heterocycles. The van der Waals surface area contributed by atoms with Gasteiger partial charge >= 0.3 is 0 Å². The highest BCUT2D eigenvalue weighted by Crippen LogP contribution is 2.58. The molecule has 0 saturated carbocycles. The van der Waals surface area contributed by atoms with Crippen LogP contribution in [0.1, 0.15) is 52.7 Å². The van der Waals surface area contributed by atoms with Crippen molar-refractivity contribution in [2.24, 2.45) is 0 Å². The molecule has 184 valence electrons. The minimum Gasteiger partial charge on any atom is -0.462 e. The van der Waals surface area contributed by atoms with Crippen LogP contribution in [0, 0.1) is 0 Å². The minimum atomic E-state index is -0.201. The topological polar surface area (TPSA) is 42.5 Å². The molecule has 6 rings (SSSR count). The lowest BCUT2D eigenvalue weighted by molar-refractivity contribution is 0.0846. The van der Waals surface area contributed by atoms with Crippen LogP contribution in [0.25, 0.3) is 0 Å². The zero-order chi connectivity index (χ0) is 25.2. The lowest BCUT2D eigenvalue weighted by atomic mass is 9.64. The number of hydrogen-bond donors (Lipinski definition) is 2. The van der Waals surface area contributed by atoms with Gasteiger partial charge in [0.2, 0.25) is 0 Å². The first-order chi connectivity index (χ1) is 18.2. The first kappa shape index (κ1) is 23.6. The van der Waals surface area contributed by atoms with E-state index in [0.717, 1.165) is 28.9 Å². The Morgan fingerprint density at radius 2 is 0.865 bits per heavy atom. The number of anilines is 2. The zero-order valence-corrected chi connectivity index (χ0v) is 21.7. The van der Waals surface area contributed by atoms with E-state index in [4.69, 9.17) is 33.9 Å². The van der Waals surface area contributed by atoms with Crippen LogP contribution in [0.15, 0.2) is 109 Å². The van der Waals surface area contributed by atoms with E-state index < -0.39 is 0 Å². The molecule has 0 fully saturated rings. The number of thiocarbonyl (C=S) groups is 2. The molecule has 2 aliphatic rings. The second kappa shape index (κ2) is 10.3. The quantitative estimate of drug-likeness (QED) is 0.266. The van der Waals surface area contributed by atoms with Crippen LogP contribution in [0.2, 0.25) is 0 Å². The Kier molecular flexibility index (Phi) is 6.60. The average molecular weight is 523 g/mol. The largest absolute Gasteiger partial charge is 0.462 e. The number of benzene rings is 4. The summed E-state index contributed by atoms with van der Waals surface area (Å²) in [6, 6.07) is 36.7. The van der Waals surface area contributed by atoms with Crippen molar-refractivity contribution in [2.75, 3.05) is 10.6 Å². The molecule has 0 saturated heterocycles. The second-order valence-corrected chi connectivity index (χ2v) is 10.1. The van der Waals surface area contributed by atoms with Gasteiger partial charge in [0.25, 0.3) is 10.3 Å². The van der Waals surface area contributed by atoms with Gasteiger partial charge in [-0.05, 0) is 77.4 Å². The smallest absolute Gasteiger partial charge is 0.261 e. The van der Waals surface area contributed by atoms with Crippen LogP contribution in [0.4, 0.5) is 11.4 Å². The Hall–Kier alpha value is -3.74. The molecule has 2 N–H and O–H groups in total. The van der Waals surface area contributed by atoms with Gasteiger partial charge in [0.15, 0.2) is 0 Å². The van der Waals surface area contributed by atoms with Gasteiger partial charge in [-0.1, -0.05) is 84.9 Å². The molecule has 0 aliphatic heterocycles. The SMILES string of the molecule is S=C(Nc1ccccc1)O[C@@H]1c2ccccc2[C@H]2C[C@@H]1c1ccccc1[C@H]2OC(=S)Nc1ccccc1. The predicted octanol–water partition coefficient (Wildman–Crippen LogP) is 7.88. The summed E-state index contributed by atoms with van der Waals surface area (Å²) in [6.07, 6.45) is 0.478. The van der Waals surface area contributed by atoms with Crippen molar-refractivity contribution in [3.63, 3.8) is 0 Å². The molecule has 0 spiro atoms. The Bertz CT molecular complexity index is 1320. The minimum absolute atomic E-state index is 0.141. The third-order valence-corrected chi connectivity index (χ3v) is 7.55. The van der Waals surface area contributed by atoms with Gasteiger partial charge in [-0.3, -0.25) is 0 Å². The van der Waals surface area contributed by atoms with Gasteiger partial charge in [-0.2, -0.15) is 0 Å². The van der Waals surface area contributed by atoms with Crippen molar-refractivity contribution in [3.05, 3.63) is 131 Å². The maximum absolute atomic E-state index is 6.50. The molecule has 4 aromatic carbocycles. The Morgan fingerprint density at radius 3 is 1.27 bits per heavy atom. The zero-order valence-electron chi connectivity index (χ0n) is 20.0. The van der Waals surface area contributed by atoms with Crippen LogP contribution >= 0.6 is 24.4 Å². The molecule has 2 bridgehead atoms. The van der Waals surface area contributed by atoms with Crippen molar-refractivity contribution < 1.29 is 9.47 Å². The number of ether oxygens (including phenoxy) is 2. The summed E-state index contributed by atoms with van der Waals surface area (Å²) < 4.78 is 13.0. The molecule has 6 heteroatoms. The van der Waals surface area contributed by atoms with E-state index in [-0.39, 0.29) is 24.0 Å². The van der Waals surface area contributed by atoms with Crippen LogP contribution in [0.3, 0.4) is 0 Å². The summed E-state index contributed by atoms with van der Waals surface area (Å²) >= 11 is 11.3. The summed E-state index contributed by atoms with van der Waals surface area (Å²) in [4.78, 5) is 0. The monoisotopic (exact) mass is 522 g/mol. The number of hydrogen-bond acceptors (Lipinski definition) is 4. The van der Waals surface area contributed by atoms with Crippen molar-refractivity contribution in [3.8, 4) is 0 Å². The predicted molar refractivity (Wildman–Crippen MR) is 156 cm³/mol. The van der Waals surface area contributed by atoms with Crippen LogP contribution < -0.4 is 10.6 Å². The van der Waals surface area contributed by atoms with E-state index in [9.17, 15) is 0 Å². The molecule has 4 aromatic rings. The van der Waals surface area contributed by atoms with Crippen molar-refractivity contribution in [2.45, 2.75) is 30.5 Å². The summed E-state index contributed by atoms with van der Waals surface area (Å²) in [5.41, 5.74) is 6.54. The van der Waals surface area contributed by atoms with Gasteiger partial charge in [0.05, 0.1) is 0 Å².